The summed E-state index contributed by atoms with van der Waals surface area (Å²) in [6.45, 7) is 1.77. The van der Waals surface area contributed by atoms with Crippen LogP contribution in [0.1, 0.15) is 53.3 Å². The van der Waals surface area contributed by atoms with Crippen molar-refractivity contribution >= 4 is 5.91 Å². The minimum Gasteiger partial charge on any atom is -0.367 e. The Morgan fingerprint density at radius 1 is 1.35 bits per heavy atom. The zero-order chi connectivity index (χ0) is 16.7. The first-order valence-electron chi connectivity index (χ1n) is 7.19. The number of nitrogens with one attached hydrogen (secondary N) is 2. The summed E-state index contributed by atoms with van der Waals surface area (Å²) in [7, 11) is 0. The van der Waals surface area contributed by atoms with Gasteiger partial charge in [0.2, 0.25) is 0 Å². The van der Waals surface area contributed by atoms with Crippen molar-refractivity contribution in [2.75, 3.05) is 0 Å². The fourth-order valence-electron chi connectivity index (χ4n) is 2.89. The van der Waals surface area contributed by atoms with E-state index in [1.54, 1.807) is 19.3 Å². The number of aryl methyl sites for hydroxylation is 1. The molecular formula is C14H15F3N4O2. The van der Waals surface area contributed by atoms with Crippen molar-refractivity contribution in [2.24, 2.45) is 0 Å². The molecule has 2 aromatic heterocycles. The summed E-state index contributed by atoms with van der Waals surface area (Å²) in [4.78, 5) is 18.7. The normalized spacial score (nSPS) is 17.4. The van der Waals surface area contributed by atoms with Crippen LogP contribution in [0.5, 0.6) is 0 Å². The molecule has 0 aliphatic heterocycles. The Labute approximate surface area is 129 Å². The molecule has 2 heterocycles. The zero-order valence-electron chi connectivity index (χ0n) is 12.3. The lowest BCUT2D eigenvalue weighted by atomic mass is 9.96. The Balaban J connectivity index is 1.90. The molecule has 2 N–H and O–H groups in total. The van der Waals surface area contributed by atoms with Gasteiger partial charge in [0.15, 0.2) is 5.82 Å². The van der Waals surface area contributed by atoms with Crippen LogP contribution in [0.4, 0.5) is 13.2 Å². The number of H-pyrrole nitrogens is 1. The number of aromatic nitrogens is 3. The van der Waals surface area contributed by atoms with Gasteiger partial charge < -0.3 is 14.8 Å². The third kappa shape index (κ3) is 2.82. The zero-order valence-corrected chi connectivity index (χ0v) is 12.3. The molecule has 3 rings (SSSR count). The van der Waals surface area contributed by atoms with Crippen LogP contribution in [0.15, 0.2) is 16.9 Å². The minimum absolute atomic E-state index is 0.121. The first-order valence-corrected chi connectivity index (χ1v) is 7.19. The van der Waals surface area contributed by atoms with Gasteiger partial charge in [-0.15, -0.1) is 0 Å². The van der Waals surface area contributed by atoms with Crippen molar-refractivity contribution in [1.29, 1.82) is 0 Å². The van der Waals surface area contributed by atoms with Gasteiger partial charge >= 0.3 is 12.1 Å². The van der Waals surface area contributed by atoms with Gasteiger partial charge in [-0.2, -0.15) is 18.2 Å². The highest BCUT2D eigenvalue weighted by Crippen LogP contribution is 2.39. The van der Waals surface area contributed by atoms with Gasteiger partial charge in [-0.1, -0.05) is 18.0 Å². The molecule has 1 fully saturated rings. The van der Waals surface area contributed by atoms with Crippen LogP contribution < -0.4 is 5.32 Å². The van der Waals surface area contributed by atoms with Crippen molar-refractivity contribution < 1.29 is 22.5 Å². The molecule has 23 heavy (non-hydrogen) atoms. The predicted octanol–water partition coefficient (Wildman–Crippen LogP) is 2.92. The first kappa shape index (κ1) is 15.6. The van der Waals surface area contributed by atoms with E-state index in [4.69, 9.17) is 0 Å². The Bertz CT molecular complexity index is 714. The van der Waals surface area contributed by atoms with Gasteiger partial charge in [-0.3, -0.25) is 4.79 Å². The van der Waals surface area contributed by atoms with Gasteiger partial charge in [-0.05, 0) is 25.3 Å². The Hall–Kier alpha value is -2.32. The van der Waals surface area contributed by atoms with Gasteiger partial charge in [0, 0.05) is 12.4 Å². The van der Waals surface area contributed by atoms with Crippen LogP contribution in [0.25, 0.3) is 0 Å². The molecule has 0 bridgehead atoms. The molecule has 2 aromatic rings. The highest BCUT2D eigenvalue weighted by atomic mass is 19.4. The molecule has 0 unspecified atom stereocenters. The van der Waals surface area contributed by atoms with Crippen LogP contribution in [-0.4, -0.2) is 21.0 Å². The Morgan fingerprint density at radius 3 is 2.57 bits per heavy atom. The van der Waals surface area contributed by atoms with E-state index in [1.807, 2.05) is 0 Å². The monoisotopic (exact) mass is 328 g/mol. The number of halogens is 3. The molecule has 0 atom stereocenters. The second-order valence-electron chi connectivity index (χ2n) is 5.72. The number of nitrogens with zero attached hydrogens (tertiary/aromatic N) is 2. The molecule has 1 saturated carbocycles. The second-order valence-corrected chi connectivity index (χ2v) is 5.72. The summed E-state index contributed by atoms with van der Waals surface area (Å²) in [6, 6.07) is 0. The van der Waals surface area contributed by atoms with Gasteiger partial charge in [0.1, 0.15) is 5.54 Å². The van der Waals surface area contributed by atoms with Crippen LogP contribution in [-0.2, 0) is 11.7 Å². The van der Waals surface area contributed by atoms with E-state index in [-0.39, 0.29) is 11.7 Å². The van der Waals surface area contributed by atoms with Gasteiger partial charge in [0.25, 0.3) is 5.91 Å². The van der Waals surface area contributed by atoms with Crippen LogP contribution in [0.2, 0.25) is 0 Å². The Kier molecular flexibility index (Phi) is 3.65. The largest absolute Gasteiger partial charge is 0.471 e. The molecule has 1 amide bonds. The summed E-state index contributed by atoms with van der Waals surface area (Å²) in [5.74, 6) is -1.89. The van der Waals surface area contributed by atoms with Gasteiger partial charge in [-0.25, -0.2) is 0 Å². The van der Waals surface area contributed by atoms with E-state index < -0.39 is 17.6 Å². The SMILES string of the molecule is Cc1c[nH]cc1C(=O)NC1(c2noc(C(F)(F)F)n2)CCCC1. The molecule has 0 spiro atoms. The summed E-state index contributed by atoms with van der Waals surface area (Å²) >= 11 is 0. The molecule has 9 heteroatoms. The fourth-order valence-corrected chi connectivity index (χ4v) is 2.89. The van der Waals surface area contributed by atoms with E-state index >= 15 is 0 Å². The third-order valence-corrected chi connectivity index (χ3v) is 4.10. The molecule has 1 aliphatic rings. The van der Waals surface area contributed by atoms with E-state index in [1.165, 1.54) is 0 Å². The van der Waals surface area contributed by atoms with Crippen LogP contribution in [0, 0.1) is 6.92 Å². The number of rotatable bonds is 3. The minimum atomic E-state index is -4.70. The second kappa shape index (κ2) is 5.39. The number of hydrogen-bond donors (Lipinski definition) is 2. The van der Waals surface area contributed by atoms with Gasteiger partial charge in [0.05, 0.1) is 5.56 Å². The smallest absolute Gasteiger partial charge is 0.367 e. The third-order valence-electron chi connectivity index (χ3n) is 4.10. The number of alkyl halides is 3. The van der Waals surface area contributed by atoms with E-state index in [0.29, 0.717) is 18.4 Å². The number of carbonyl (C=O) groups excluding carboxylic acids is 1. The molecule has 124 valence electrons. The molecule has 1 aliphatic carbocycles. The quantitative estimate of drug-likeness (QED) is 0.907. The Morgan fingerprint density at radius 2 is 2.04 bits per heavy atom. The highest BCUT2D eigenvalue weighted by Gasteiger charge is 2.45. The van der Waals surface area contributed by atoms with Crippen molar-refractivity contribution in [2.45, 2.75) is 44.3 Å². The van der Waals surface area contributed by atoms with Crippen molar-refractivity contribution in [3.8, 4) is 0 Å². The van der Waals surface area contributed by atoms with E-state index in [2.05, 4.69) is 25.0 Å². The fraction of sp³-hybridized carbons (Fsp3) is 0.500. The standard InChI is InChI=1S/C14H15F3N4O2/c1-8-6-18-7-9(8)10(22)20-13(4-2-3-5-13)11-19-12(23-21-11)14(15,16)17/h6-7,18H,2-5H2,1H3,(H,20,22). The lowest BCUT2D eigenvalue weighted by Crippen LogP contribution is -2.44. The van der Waals surface area contributed by atoms with Crippen molar-refractivity contribution in [1.82, 2.24) is 20.4 Å². The average molecular weight is 328 g/mol. The first-order chi connectivity index (χ1) is 10.8. The summed E-state index contributed by atoms with van der Waals surface area (Å²) in [6.07, 6.45) is 0.992. The predicted molar refractivity (Wildman–Crippen MR) is 72.4 cm³/mol. The summed E-state index contributed by atoms with van der Waals surface area (Å²) < 4.78 is 42.3. The number of hydrogen-bond acceptors (Lipinski definition) is 4. The van der Waals surface area contributed by atoms with E-state index in [0.717, 1.165) is 18.4 Å². The number of carbonyl (C=O) groups is 1. The van der Waals surface area contributed by atoms with Crippen molar-refractivity contribution in [3.63, 3.8) is 0 Å². The van der Waals surface area contributed by atoms with Crippen molar-refractivity contribution in [3.05, 3.63) is 35.2 Å². The molecule has 6 nitrogen and oxygen atoms in total. The molecule has 0 saturated heterocycles. The maximum atomic E-state index is 12.7. The summed E-state index contributed by atoms with van der Waals surface area (Å²) in [5.41, 5.74) is 0.170. The molecule has 0 radical (unpaired) electrons. The van der Waals surface area contributed by atoms with Crippen LogP contribution in [0.3, 0.4) is 0 Å². The summed E-state index contributed by atoms with van der Waals surface area (Å²) in [5, 5.41) is 6.27. The molecule has 0 aromatic carbocycles. The topological polar surface area (TPSA) is 83.8 Å². The number of amides is 1. The maximum absolute atomic E-state index is 12.7. The lowest BCUT2D eigenvalue weighted by molar-refractivity contribution is -0.159. The average Bonchev–Trinajstić information content (AvgIpc) is 3.16. The van der Waals surface area contributed by atoms with Crippen LogP contribution >= 0.6 is 0 Å². The lowest BCUT2D eigenvalue weighted by Gasteiger charge is -2.26. The highest BCUT2D eigenvalue weighted by molar-refractivity contribution is 5.96. The number of aromatic amines is 1. The maximum Gasteiger partial charge on any atom is 0.471 e. The van der Waals surface area contributed by atoms with E-state index in [9.17, 15) is 18.0 Å². The molecular weight excluding hydrogens is 313 g/mol.